The maximum atomic E-state index is 11.9. The fraction of sp³-hybridized carbons (Fsp3) is 0.900. The van der Waals surface area contributed by atoms with Crippen LogP contribution in [-0.2, 0) is 14.3 Å². The minimum Gasteiger partial charge on any atom is -0.394 e. The standard InChI is InChI=1S/C10H20N2O4/c1-7-3-12(4-8(5-13)16-7)10(14)9(11)6-15-2/h7-9,13H,3-6,11H2,1-2H3. The molecule has 0 aliphatic carbocycles. The van der Waals surface area contributed by atoms with Gasteiger partial charge in [-0.2, -0.15) is 0 Å². The third-order valence-electron chi connectivity index (χ3n) is 2.51. The number of aliphatic hydroxyl groups excluding tert-OH is 1. The normalized spacial score (nSPS) is 27.9. The number of morpholine rings is 1. The van der Waals surface area contributed by atoms with Gasteiger partial charge in [0.1, 0.15) is 6.04 Å². The van der Waals surface area contributed by atoms with Gasteiger partial charge in [0.25, 0.3) is 0 Å². The van der Waals surface area contributed by atoms with Gasteiger partial charge in [-0.05, 0) is 6.92 Å². The van der Waals surface area contributed by atoms with Crippen LogP contribution in [0.3, 0.4) is 0 Å². The number of hydrogen-bond donors (Lipinski definition) is 2. The minimum absolute atomic E-state index is 0.0791. The number of carbonyl (C=O) groups is 1. The third kappa shape index (κ3) is 3.41. The molecule has 3 unspecified atom stereocenters. The lowest BCUT2D eigenvalue weighted by molar-refractivity contribution is -0.149. The lowest BCUT2D eigenvalue weighted by atomic mass is 10.2. The van der Waals surface area contributed by atoms with Gasteiger partial charge in [-0.3, -0.25) is 4.79 Å². The fourth-order valence-corrected chi connectivity index (χ4v) is 1.81. The molecule has 1 rings (SSSR count). The molecular weight excluding hydrogens is 212 g/mol. The van der Waals surface area contributed by atoms with E-state index in [9.17, 15) is 4.79 Å². The Hall–Kier alpha value is -0.690. The molecule has 1 fully saturated rings. The Bertz CT molecular complexity index is 237. The smallest absolute Gasteiger partial charge is 0.242 e. The average Bonchev–Trinajstić information content (AvgIpc) is 2.27. The molecular formula is C10H20N2O4. The maximum Gasteiger partial charge on any atom is 0.242 e. The molecule has 1 aliphatic rings. The second-order valence-corrected chi connectivity index (χ2v) is 4.06. The van der Waals surface area contributed by atoms with E-state index in [1.807, 2.05) is 6.92 Å². The zero-order valence-electron chi connectivity index (χ0n) is 9.76. The topological polar surface area (TPSA) is 85.0 Å². The van der Waals surface area contributed by atoms with E-state index in [4.69, 9.17) is 20.3 Å². The minimum atomic E-state index is -0.644. The third-order valence-corrected chi connectivity index (χ3v) is 2.51. The van der Waals surface area contributed by atoms with Crippen LogP contribution in [0.2, 0.25) is 0 Å². The summed E-state index contributed by atoms with van der Waals surface area (Å²) in [6.07, 6.45) is -0.396. The van der Waals surface area contributed by atoms with Crippen molar-refractivity contribution in [2.75, 3.05) is 33.4 Å². The molecule has 3 N–H and O–H groups in total. The number of aliphatic hydroxyl groups is 1. The van der Waals surface area contributed by atoms with Crippen molar-refractivity contribution in [3.05, 3.63) is 0 Å². The second kappa shape index (κ2) is 6.15. The first-order valence-corrected chi connectivity index (χ1v) is 5.38. The van der Waals surface area contributed by atoms with Gasteiger partial charge in [0, 0.05) is 20.2 Å². The van der Waals surface area contributed by atoms with Crippen LogP contribution < -0.4 is 5.73 Å². The lowest BCUT2D eigenvalue weighted by Gasteiger charge is -2.37. The van der Waals surface area contributed by atoms with Crippen molar-refractivity contribution in [1.29, 1.82) is 0 Å². The van der Waals surface area contributed by atoms with Crippen LogP contribution in [-0.4, -0.2) is 67.6 Å². The first-order chi connectivity index (χ1) is 7.58. The molecule has 3 atom stereocenters. The van der Waals surface area contributed by atoms with Crippen LogP contribution in [0.5, 0.6) is 0 Å². The number of nitrogens with zero attached hydrogens (tertiary/aromatic N) is 1. The monoisotopic (exact) mass is 232 g/mol. The number of hydrogen-bond acceptors (Lipinski definition) is 5. The van der Waals surface area contributed by atoms with Gasteiger partial charge in [-0.25, -0.2) is 0 Å². The molecule has 1 heterocycles. The Labute approximate surface area is 95.3 Å². The molecule has 0 aromatic heterocycles. The number of methoxy groups -OCH3 is 1. The average molecular weight is 232 g/mol. The van der Waals surface area contributed by atoms with Gasteiger partial charge in [0.05, 0.1) is 25.4 Å². The second-order valence-electron chi connectivity index (χ2n) is 4.06. The zero-order chi connectivity index (χ0) is 12.1. The fourth-order valence-electron chi connectivity index (χ4n) is 1.81. The van der Waals surface area contributed by atoms with E-state index in [1.54, 1.807) is 4.90 Å². The van der Waals surface area contributed by atoms with E-state index in [2.05, 4.69) is 0 Å². The summed E-state index contributed by atoms with van der Waals surface area (Å²) >= 11 is 0. The SMILES string of the molecule is COCC(N)C(=O)N1CC(C)OC(CO)C1. The van der Waals surface area contributed by atoms with Crippen LogP contribution in [0.1, 0.15) is 6.92 Å². The molecule has 0 aromatic rings. The quantitative estimate of drug-likeness (QED) is 0.620. The van der Waals surface area contributed by atoms with E-state index in [0.29, 0.717) is 13.1 Å². The van der Waals surface area contributed by atoms with E-state index in [0.717, 1.165) is 0 Å². The van der Waals surface area contributed by atoms with Gasteiger partial charge >= 0.3 is 0 Å². The largest absolute Gasteiger partial charge is 0.394 e. The zero-order valence-corrected chi connectivity index (χ0v) is 9.76. The Kier molecular flexibility index (Phi) is 5.14. The Morgan fingerprint density at radius 2 is 2.38 bits per heavy atom. The summed E-state index contributed by atoms with van der Waals surface area (Å²) in [5.41, 5.74) is 5.67. The molecule has 0 bridgehead atoms. The van der Waals surface area contributed by atoms with Crippen molar-refractivity contribution in [2.24, 2.45) is 5.73 Å². The molecule has 94 valence electrons. The van der Waals surface area contributed by atoms with Crippen LogP contribution >= 0.6 is 0 Å². The predicted octanol–water partition coefficient (Wildman–Crippen LogP) is -1.43. The highest BCUT2D eigenvalue weighted by Gasteiger charge is 2.30. The molecule has 16 heavy (non-hydrogen) atoms. The van der Waals surface area contributed by atoms with E-state index >= 15 is 0 Å². The van der Waals surface area contributed by atoms with Gasteiger partial charge < -0.3 is 25.2 Å². The summed E-state index contributed by atoms with van der Waals surface area (Å²) in [7, 11) is 1.51. The molecule has 0 radical (unpaired) electrons. The summed E-state index contributed by atoms with van der Waals surface area (Å²) in [6, 6.07) is -0.644. The van der Waals surface area contributed by atoms with Crippen molar-refractivity contribution < 1.29 is 19.4 Å². The highest BCUT2D eigenvalue weighted by molar-refractivity contribution is 5.82. The van der Waals surface area contributed by atoms with E-state index < -0.39 is 6.04 Å². The van der Waals surface area contributed by atoms with Crippen LogP contribution in [0.15, 0.2) is 0 Å². The molecule has 1 saturated heterocycles. The van der Waals surface area contributed by atoms with Crippen molar-refractivity contribution in [3.8, 4) is 0 Å². The summed E-state index contributed by atoms with van der Waals surface area (Å²) < 4.78 is 10.3. The van der Waals surface area contributed by atoms with Gasteiger partial charge in [0.15, 0.2) is 0 Å². The Balaban J connectivity index is 2.54. The highest BCUT2D eigenvalue weighted by atomic mass is 16.5. The number of amides is 1. The number of rotatable bonds is 4. The molecule has 1 amide bonds. The van der Waals surface area contributed by atoms with Crippen molar-refractivity contribution in [1.82, 2.24) is 4.90 Å². The maximum absolute atomic E-state index is 11.9. The van der Waals surface area contributed by atoms with Gasteiger partial charge in [-0.1, -0.05) is 0 Å². The van der Waals surface area contributed by atoms with Crippen molar-refractivity contribution in [3.63, 3.8) is 0 Å². The molecule has 1 aliphatic heterocycles. The van der Waals surface area contributed by atoms with Crippen molar-refractivity contribution in [2.45, 2.75) is 25.2 Å². The highest BCUT2D eigenvalue weighted by Crippen LogP contribution is 2.11. The number of ether oxygens (including phenoxy) is 2. The summed E-state index contributed by atoms with van der Waals surface area (Å²) in [5, 5.41) is 9.03. The molecule has 0 aromatic carbocycles. The first kappa shape index (κ1) is 13.4. The van der Waals surface area contributed by atoms with Gasteiger partial charge in [0.2, 0.25) is 5.91 Å². The summed E-state index contributed by atoms with van der Waals surface area (Å²) in [5.74, 6) is -0.157. The van der Waals surface area contributed by atoms with E-state index in [-0.39, 0.29) is 31.3 Å². The predicted molar refractivity (Wildman–Crippen MR) is 57.9 cm³/mol. The van der Waals surface area contributed by atoms with E-state index in [1.165, 1.54) is 7.11 Å². The van der Waals surface area contributed by atoms with Gasteiger partial charge in [-0.15, -0.1) is 0 Å². The van der Waals surface area contributed by atoms with Crippen molar-refractivity contribution >= 4 is 5.91 Å². The molecule has 0 saturated carbocycles. The molecule has 6 nitrogen and oxygen atoms in total. The Morgan fingerprint density at radius 3 is 2.94 bits per heavy atom. The summed E-state index contributed by atoms with van der Waals surface area (Å²) in [4.78, 5) is 13.5. The Morgan fingerprint density at radius 1 is 1.69 bits per heavy atom. The number of nitrogens with two attached hydrogens (primary N) is 1. The van der Waals surface area contributed by atoms with Crippen LogP contribution in [0, 0.1) is 0 Å². The van der Waals surface area contributed by atoms with Crippen LogP contribution in [0.4, 0.5) is 0 Å². The van der Waals surface area contributed by atoms with Crippen LogP contribution in [0.25, 0.3) is 0 Å². The summed E-state index contributed by atoms with van der Waals surface area (Å²) in [6.45, 7) is 2.87. The molecule has 0 spiro atoms. The first-order valence-electron chi connectivity index (χ1n) is 5.38. The number of carbonyl (C=O) groups excluding carboxylic acids is 1. The molecule has 6 heteroatoms. The lowest BCUT2D eigenvalue weighted by Crippen LogP contribution is -2.55.